The van der Waals surface area contributed by atoms with Crippen LogP contribution < -0.4 is 0 Å². The quantitative estimate of drug-likeness (QED) is 0.0850. The Bertz CT molecular complexity index is 2110. The van der Waals surface area contributed by atoms with Crippen molar-refractivity contribution in [1.29, 1.82) is 0 Å². The number of alkyl halides is 6. The summed E-state index contributed by atoms with van der Waals surface area (Å²) in [6.45, 7) is 5.40. The van der Waals surface area contributed by atoms with Gasteiger partial charge in [-0.05, 0) is 97.1 Å². The minimum Gasteiger partial charge on any atom is -0.748 e. The fourth-order valence-corrected chi connectivity index (χ4v) is 14.0. The molecule has 0 aromatic heterocycles. The highest BCUT2D eigenvalue weighted by Gasteiger charge is 2.75. The molecule has 0 spiro atoms. The second-order valence-electron chi connectivity index (χ2n) is 17.7. The lowest BCUT2D eigenvalue weighted by molar-refractivity contribution is -0.361. The molecule has 0 aliphatic heterocycles. The van der Waals surface area contributed by atoms with Gasteiger partial charge in [-0.3, -0.25) is 19.2 Å². The van der Waals surface area contributed by atoms with Gasteiger partial charge >= 0.3 is 23.9 Å². The number of benzene rings is 3. The normalized spacial score (nSPS) is 28.2. The van der Waals surface area contributed by atoms with Crippen molar-refractivity contribution in [2.75, 3.05) is 5.75 Å². The Balaban J connectivity index is 0.000000278. The van der Waals surface area contributed by atoms with Crippen LogP contribution >= 0.6 is 0 Å². The van der Waals surface area contributed by atoms with Crippen molar-refractivity contribution < 1.29 is 63.2 Å². The van der Waals surface area contributed by atoms with Gasteiger partial charge in [0.05, 0.1) is 26.8 Å². The number of Topliss-reactive ketones (excluding diaryl/α,β-unsaturated/α-hetero) is 3. The SMILES string of the molecule is CC(CCC(=O)OC(CS(=O)(=O)[O-])(C(F)(F)F)C(F)(F)F)C1CCC2C3C(=O)CC4CC(=O)CCC4(C)C3CC(=O)C12C.c1ccc([S+](c2ccccc2)c2ccccc2)cc1. The van der Waals surface area contributed by atoms with Gasteiger partial charge in [0.25, 0.3) is 0 Å². The average Bonchev–Trinajstić information content (AvgIpc) is 3.56. The molecule has 0 bridgehead atoms. The minimum atomic E-state index is -6.45. The lowest BCUT2D eigenvalue weighted by Crippen LogP contribution is -2.63. The standard InChI is InChI=1S/C28H36F6O8S.C18H15S/c1-14(4-7-22(38)42-26(27(29,30)31,28(32,33)34)13-43(39,40)41)17-5-6-18-23-19(12-21(37)25(17,18)3)24(2)9-8-16(35)10-15(24)11-20(23)36;1-4-10-16(11-5-1)19(17-12-6-2-7-13-17)18-14-8-3-9-15-18/h14-15,17-19,23H,4-13H2,1-3H3,(H,39,40,41);1-15H/q;+1/p-1. The monoisotopic (exact) mass is 908 g/mol. The molecule has 4 aliphatic carbocycles. The highest BCUT2D eigenvalue weighted by Crippen LogP contribution is 2.66. The van der Waals surface area contributed by atoms with E-state index in [1.54, 1.807) is 13.8 Å². The number of esters is 1. The van der Waals surface area contributed by atoms with E-state index in [1.807, 2.05) is 6.92 Å². The highest BCUT2D eigenvalue weighted by molar-refractivity contribution is 7.97. The Labute approximate surface area is 360 Å². The lowest BCUT2D eigenvalue weighted by Gasteiger charge is -2.58. The Morgan fingerprint density at radius 3 is 1.76 bits per heavy atom. The maximum absolute atomic E-state index is 13.8. The van der Waals surface area contributed by atoms with E-state index in [9.17, 15) is 58.5 Å². The van der Waals surface area contributed by atoms with Crippen LogP contribution in [0.15, 0.2) is 106 Å². The van der Waals surface area contributed by atoms with Crippen LogP contribution in [0.5, 0.6) is 0 Å². The van der Waals surface area contributed by atoms with Crippen molar-refractivity contribution in [3.05, 3.63) is 91.0 Å². The molecule has 4 saturated carbocycles. The number of hydrogen-bond acceptors (Lipinski definition) is 8. The Morgan fingerprint density at radius 2 is 1.29 bits per heavy atom. The molecule has 4 fully saturated rings. The van der Waals surface area contributed by atoms with E-state index >= 15 is 0 Å². The highest BCUT2D eigenvalue weighted by atomic mass is 32.2. The number of ketones is 3. The number of carbonyl (C=O) groups excluding carboxylic acids is 4. The summed E-state index contributed by atoms with van der Waals surface area (Å²) in [6.07, 6.45) is -11.5. The minimum absolute atomic E-state index is 0.00625. The number of ether oxygens (including phenoxy) is 1. The first-order valence-corrected chi connectivity index (χ1v) is 23.5. The maximum atomic E-state index is 13.8. The molecule has 3 aromatic rings. The van der Waals surface area contributed by atoms with Gasteiger partial charge in [-0.25, -0.2) is 8.42 Å². The predicted octanol–water partition coefficient (Wildman–Crippen LogP) is 9.72. The first-order valence-electron chi connectivity index (χ1n) is 20.7. The maximum Gasteiger partial charge on any atom is 0.438 e. The summed E-state index contributed by atoms with van der Waals surface area (Å²) < 4.78 is 118. The van der Waals surface area contributed by atoms with Crippen molar-refractivity contribution in [1.82, 2.24) is 0 Å². The Morgan fingerprint density at radius 1 is 0.790 bits per heavy atom. The third-order valence-electron chi connectivity index (χ3n) is 14.2. The van der Waals surface area contributed by atoms with Crippen LogP contribution in [0.25, 0.3) is 0 Å². The molecule has 16 heteroatoms. The Kier molecular flexibility index (Phi) is 13.7. The first kappa shape index (κ1) is 47.5. The molecular formula is C46H50F6O8S2. The fraction of sp³-hybridized carbons (Fsp3) is 0.522. The van der Waals surface area contributed by atoms with E-state index in [2.05, 4.69) is 95.7 Å². The molecule has 8 atom stereocenters. The Hall–Kier alpha value is -4.02. The number of fused-ring (bicyclic) bond motifs is 5. The number of carbonyl (C=O) groups is 4. The van der Waals surface area contributed by atoms with Crippen LogP contribution in [-0.2, 0) is 44.9 Å². The molecule has 336 valence electrons. The van der Waals surface area contributed by atoms with E-state index in [0.29, 0.717) is 32.1 Å². The molecule has 4 aliphatic rings. The first-order chi connectivity index (χ1) is 28.9. The van der Waals surface area contributed by atoms with Gasteiger partial charge in [-0.1, -0.05) is 75.4 Å². The third-order valence-corrected chi connectivity index (χ3v) is 17.2. The van der Waals surface area contributed by atoms with Crippen LogP contribution in [-0.4, -0.2) is 60.0 Å². The number of rotatable bonds is 10. The zero-order chi connectivity index (χ0) is 45.5. The van der Waals surface area contributed by atoms with Crippen molar-refractivity contribution in [3.63, 3.8) is 0 Å². The van der Waals surface area contributed by atoms with Gasteiger partial charge in [-0.2, -0.15) is 26.3 Å². The van der Waals surface area contributed by atoms with Gasteiger partial charge in [-0.15, -0.1) is 0 Å². The molecule has 0 N–H and O–H groups in total. The summed E-state index contributed by atoms with van der Waals surface area (Å²) in [5, 5.41) is 0. The fourth-order valence-electron chi connectivity index (χ4n) is 11.0. The van der Waals surface area contributed by atoms with Gasteiger partial charge in [0.2, 0.25) is 0 Å². The topological polar surface area (TPSA) is 135 Å². The summed E-state index contributed by atoms with van der Waals surface area (Å²) >= 11 is 0. The van der Waals surface area contributed by atoms with E-state index in [-0.39, 0.29) is 70.7 Å². The molecular weight excluding hydrogens is 859 g/mol. The smallest absolute Gasteiger partial charge is 0.438 e. The van der Waals surface area contributed by atoms with E-state index in [1.165, 1.54) is 14.7 Å². The molecule has 8 nitrogen and oxygen atoms in total. The average molecular weight is 909 g/mol. The van der Waals surface area contributed by atoms with Crippen molar-refractivity contribution in [2.45, 2.75) is 111 Å². The van der Waals surface area contributed by atoms with Crippen LogP contribution in [0.3, 0.4) is 0 Å². The summed E-state index contributed by atoms with van der Waals surface area (Å²) in [7, 11) is -6.16. The summed E-state index contributed by atoms with van der Waals surface area (Å²) in [6, 6.07) is 32.2. The molecule has 0 heterocycles. The molecule has 0 amide bonds. The largest absolute Gasteiger partial charge is 0.748 e. The second kappa shape index (κ2) is 17.9. The number of halogens is 6. The summed E-state index contributed by atoms with van der Waals surface area (Å²) in [5.41, 5.74) is -6.89. The van der Waals surface area contributed by atoms with E-state index in [4.69, 9.17) is 0 Å². The molecule has 7 rings (SSSR count). The van der Waals surface area contributed by atoms with Gasteiger partial charge in [0.15, 0.2) is 14.7 Å². The summed E-state index contributed by atoms with van der Waals surface area (Å²) in [5.74, 6) is -7.11. The molecule has 3 aromatic carbocycles. The molecule has 8 unspecified atom stereocenters. The lowest BCUT2D eigenvalue weighted by atomic mass is 9.44. The van der Waals surface area contributed by atoms with Crippen LogP contribution in [0, 0.1) is 46.3 Å². The second-order valence-corrected chi connectivity index (χ2v) is 21.1. The van der Waals surface area contributed by atoms with Crippen LogP contribution in [0.1, 0.15) is 78.6 Å². The zero-order valence-corrected chi connectivity index (χ0v) is 36.2. The molecule has 62 heavy (non-hydrogen) atoms. The van der Waals surface area contributed by atoms with E-state index < -0.39 is 69.4 Å². The van der Waals surface area contributed by atoms with E-state index in [0.717, 1.165) is 0 Å². The number of hydrogen-bond donors (Lipinski definition) is 0. The van der Waals surface area contributed by atoms with Crippen molar-refractivity contribution in [2.24, 2.45) is 46.3 Å². The van der Waals surface area contributed by atoms with Crippen LogP contribution in [0.2, 0.25) is 0 Å². The summed E-state index contributed by atoms with van der Waals surface area (Å²) in [4.78, 5) is 55.9. The van der Waals surface area contributed by atoms with Gasteiger partial charge in [0.1, 0.15) is 17.3 Å². The van der Waals surface area contributed by atoms with Crippen molar-refractivity contribution >= 4 is 44.3 Å². The third kappa shape index (κ3) is 9.29. The predicted molar refractivity (Wildman–Crippen MR) is 216 cm³/mol. The van der Waals surface area contributed by atoms with Crippen LogP contribution in [0.4, 0.5) is 26.3 Å². The molecule has 0 radical (unpaired) electrons. The zero-order valence-electron chi connectivity index (χ0n) is 34.5. The van der Waals surface area contributed by atoms with Gasteiger partial charge < -0.3 is 9.29 Å². The van der Waals surface area contributed by atoms with Crippen molar-refractivity contribution in [3.8, 4) is 0 Å². The van der Waals surface area contributed by atoms with Gasteiger partial charge in [0, 0.05) is 43.4 Å². The molecule has 0 saturated heterocycles.